The number of aromatic nitrogens is 2. The van der Waals surface area contributed by atoms with Crippen molar-refractivity contribution in [2.45, 2.75) is 37.8 Å². The number of carbonyl (C=O) groups excluding carboxylic acids is 1. The van der Waals surface area contributed by atoms with Gasteiger partial charge in [-0.2, -0.15) is 0 Å². The Morgan fingerprint density at radius 2 is 2.14 bits per heavy atom. The van der Waals surface area contributed by atoms with E-state index in [9.17, 15) is 9.18 Å². The number of halogens is 1. The third kappa shape index (κ3) is 2.33. The average molecular weight is 306 g/mol. The summed E-state index contributed by atoms with van der Waals surface area (Å²) >= 11 is 0. The molecule has 0 radical (unpaired) electrons. The van der Waals surface area contributed by atoms with Crippen LogP contribution in [0.3, 0.4) is 0 Å². The fourth-order valence-electron chi connectivity index (χ4n) is 3.46. The van der Waals surface area contributed by atoms with Gasteiger partial charge in [0, 0.05) is 25.7 Å². The van der Waals surface area contributed by atoms with Crippen LogP contribution in [0, 0.1) is 11.2 Å². The zero-order chi connectivity index (χ0) is 15.2. The van der Waals surface area contributed by atoms with E-state index in [0.29, 0.717) is 31.6 Å². The lowest BCUT2D eigenvalue weighted by molar-refractivity contribution is -0.135. The predicted molar refractivity (Wildman–Crippen MR) is 76.8 cm³/mol. The van der Waals surface area contributed by atoms with Crippen LogP contribution in [0.4, 0.5) is 10.3 Å². The highest BCUT2D eigenvalue weighted by Gasteiger charge is 2.54. The van der Waals surface area contributed by atoms with Crippen molar-refractivity contribution in [2.75, 3.05) is 24.6 Å². The van der Waals surface area contributed by atoms with E-state index in [1.807, 2.05) is 4.90 Å². The van der Waals surface area contributed by atoms with E-state index in [2.05, 4.69) is 15.3 Å². The Hall–Kier alpha value is -1.76. The highest BCUT2D eigenvalue weighted by atomic mass is 19.1. The van der Waals surface area contributed by atoms with Crippen LogP contribution in [0.25, 0.3) is 0 Å². The van der Waals surface area contributed by atoms with Crippen molar-refractivity contribution in [3.63, 3.8) is 0 Å². The molecule has 0 aromatic carbocycles. The highest BCUT2D eigenvalue weighted by Crippen LogP contribution is 2.42. The SMILES string of the molecule is O=C(NC1CC1)[C@@]12CCO[C@@H]1CCN(c1ncc(F)cn1)C2. The smallest absolute Gasteiger partial charge is 0.230 e. The molecule has 6 nitrogen and oxygen atoms in total. The van der Waals surface area contributed by atoms with E-state index in [4.69, 9.17) is 4.74 Å². The molecule has 1 saturated carbocycles. The molecule has 0 bridgehead atoms. The summed E-state index contributed by atoms with van der Waals surface area (Å²) in [6, 6.07) is 0.334. The van der Waals surface area contributed by atoms with Crippen molar-refractivity contribution >= 4 is 11.9 Å². The van der Waals surface area contributed by atoms with Crippen LogP contribution in [0.15, 0.2) is 12.4 Å². The summed E-state index contributed by atoms with van der Waals surface area (Å²) in [7, 11) is 0. The summed E-state index contributed by atoms with van der Waals surface area (Å²) in [5.41, 5.74) is -0.529. The molecule has 2 atom stereocenters. The normalized spacial score (nSPS) is 31.0. The van der Waals surface area contributed by atoms with Gasteiger partial charge in [-0.25, -0.2) is 14.4 Å². The van der Waals surface area contributed by atoms with E-state index >= 15 is 0 Å². The van der Waals surface area contributed by atoms with Gasteiger partial charge in [0.25, 0.3) is 0 Å². The predicted octanol–water partition coefficient (Wildman–Crippen LogP) is 0.880. The monoisotopic (exact) mass is 306 g/mol. The second kappa shape index (κ2) is 5.15. The highest BCUT2D eigenvalue weighted by molar-refractivity contribution is 5.85. The van der Waals surface area contributed by atoms with Crippen molar-refractivity contribution in [1.82, 2.24) is 15.3 Å². The van der Waals surface area contributed by atoms with Crippen LogP contribution in [0.1, 0.15) is 25.7 Å². The second-order valence-electron chi connectivity index (χ2n) is 6.42. The first kappa shape index (κ1) is 13.9. The Morgan fingerprint density at radius 3 is 2.86 bits per heavy atom. The fraction of sp³-hybridized carbons (Fsp3) is 0.667. The first-order chi connectivity index (χ1) is 10.7. The Labute approximate surface area is 128 Å². The average Bonchev–Trinajstić information content (AvgIpc) is 3.23. The van der Waals surface area contributed by atoms with E-state index < -0.39 is 11.2 Å². The maximum Gasteiger partial charge on any atom is 0.230 e. The van der Waals surface area contributed by atoms with Crippen molar-refractivity contribution in [3.8, 4) is 0 Å². The maximum atomic E-state index is 13.0. The molecule has 3 aliphatic rings. The summed E-state index contributed by atoms with van der Waals surface area (Å²) in [6.45, 7) is 1.86. The Kier molecular flexibility index (Phi) is 3.25. The molecule has 1 aromatic rings. The van der Waals surface area contributed by atoms with E-state index in [0.717, 1.165) is 38.2 Å². The van der Waals surface area contributed by atoms with Gasteiger partial charge in [-0.15, -0.1) is 0 Å². The largest absolute Gasteiger partial charge is 0.377 e. The van der Waals surface area contributed by atoms with Crippen LogP contribution < -0.4 is 10.2 Å². The number of nitrogens with zero attached hydrogens (tertiary/aromatic N) is 3. The molecular formula is C15H19FN4O2. The van der Waals surface area contributed by atoms with Crippen LogP contribution in [-0.2, 0) is 9.53 Å². The standard InChI is InChI=1S/C15H19FN4O2/c16-10-7-17-14(18-8-10)20-5-3-12-15(9-20,4-6-22-12)13(21)19-11-1-2-11/h7-8,11-12H,1-6,9H2,(H,19,21)/t12-,15-/m1/s1. The Bertz CT molecular complexity index is 577. The molecule has 2 aliphatic heterocycles. The Morgan fingerprint density at radius 1 is 1.36 bits per heavy atom. The first-order valence-corrected chi connectivity index (χ1v) is 7.82. The third-order valence-electron chi connectivity index (χ3n) is 4.87. The second-order valence-corrected chi connectivity index (χ2v) is 6.42. The molecule has 3 heterocycles. The lowest BCUT2D eigenvalue weighted by atomic mass is 9.75. The van der Waals surface area contributed by atoms with Crippen LogP contribution >= 0.6 is 0 Å². The molecule has 7 heteroatoms. The van der Waals surface area contributed by atoms with E-state index in [-0.39, 0.29) is 12.0 Å². The number of nitrogens with one attached hydrogen (secondary N) is 1. The quantitative estimate of drug-likeness (QED) is 0.898. The topological polar surface area (TPSA) is 67.3 Å². The fourth-order valence-corrected chi connectivity index (χ4v) is 3.46. The molecule has 0 spiro atoms. The summed E-state index contributed by atoms with van der Waals surface area (Å²) in [6.07, 6.45) is 5.90. The van der Waals surface area contributed by atoms with Gasteiger partial charge in [-0.1, -0.05) is 0 Å². The first-order valence-electron chi connectivity index (χ1n) is 7.82. The number of hydrogen-bond donors (Lipinski definition) is 1. The van der Waals surface area contributed by atoms with E-state index in [1.54, 1.807) is 0 Å². The van der Waals surface area contributed by atoms with Gasteiger partial charge < -0.3 is 15.0 Å². The number of anilines is 1. The minimum absolute atomic E-state index is 0.0389. The van der Waals surface area contributed by atoms with Crippen molar-refractivity contribution < 1.29 is 13.9 Å². The van der Waals surface area contributed by atoms with Crippen molar-refractivity contribution in [1.29, 1.82) is 0 Å². The number of hydrogen-bond acceptors (Lipinski definition) is 5. The number of amides is 1. The molecule has 118 valence electrons. The summed E-state index contributed by atoms with van der Waals surface area (Å²) in [4.78, 5) is 22.8. The van der Waals surface area contributed by atoms with Crippen molar-refractivity contribution in [3.05, 3.63) is 18.2 Å². The van der Waals surface area contributed by atoms with Gasteiger partial charge in [0.05, 0.1) is 23.9 Å². The van der Waals surface area contributed by atoms with Crippen LogP contribution in [0.2, 0.25) is 0 Å². The van der Waals surface area contributed by atoms with Gasteiger partial charge >= 0.3 is 0 Å². The maximum absolute atomic E-state index is 13.0. The van der Waals surface area contributed by atoms with Gasteiger partial charge in [-0.3, -0.25) is 4.79 Å². The third-order valence-corrected chi connectivity index (χ3v) is 4.87. The summed E-state index contributed by atoms with van der Waals surface area (Å²) < 4.78 is 18.8. The number of ether oxygens (including phenoxy) is 1. The van der Waals surface area contributed by atoms with Crippen molar-refractivity contribution in [2.24, 2.45) is 5.41 Å². The van der Waals surface area contributed by atoms with Crippen LogP contribution in [0.5, 0.6) is 0 Å². The lowest BCUT2D eigenvalue weighted by Gasteiger charge is -2.42. The van der Waals surface area contributed by atoms with Gasteiger partial charge in [-0.05, 0) is 25.7 Å². The molecule has 2 saturated heterocycles. The number of carbonyl (C=O) groups is 1. The molecule has 22 heavy (non-hydrogen) atoms. The summed E-state index contributed by atoms with van der Waals surface area (Å²) in [5.74, 6) is 0.110. The Balaban J connectivity index is 1.57. The molecule has 4 rings (SSSR count). The number of fused-ring (bicyclic) bond motifs is 1. The van der Waals surface area contributed by atoms with Gasteiger partial charge in [0.15, 0.2) is 5.82 Å². The van der Waals surface area contributed by atoms with Crippen LogP contribution in [-0.4, -0.2) is 47.7 Å². The van der Waals surface area contributed by atoms with E-state index in [1.165, 1.54) is 0 Å². The summed E-state index contributed by atoms with van der Waals surface area (Å²) in [5, 5.41) is 3.12. The molecule has 1 aliphatic carbocycles. The van der Waals surface area contributed by atoms with Gasteiger partial charge in [0.1, 0.15) is 0 Å². The molecular weight excluding hydrogens is 287 g/mol. The number of rotatable bonds is 3. The minimum atomic E-state index is -0.529. The number of piperidine rings is 1. The molecule has 3 fully saturated rings. The molecule has 1 N–H and O–H groups in total. The minimum Gasteiger partial charge on any atom is -0.377 e. The molecule has 1 aromatic heterocycles. The lowest BCUT2D eigenvalue weighted by Crippen LogP contribution is -2.57. The van der Waals surface area contributed by atoms with Gasteiger partial charge in [0.2, 0.25) is 11.9 Å². The zero-order valence-corrected chi connectivity index (χ0v) is 12.3. The molecule has 0 unspecified atom stereocenters. The molecule has 1 amide bonds. The zero-order valence-electron chi connectivity index (χ0n) is 12.3.